The normalized spacial score (nSPS) is 10.6. The maximum absolute atomic E-state index is 14.4. The molecule has 4 rings (SSSR count). The number of carbonyl (C=O) groups is 1. The summed E-state index contributed by atoms with van der Waals surface area (Å²) in [6.45, 7) is 0. The summed E-state index contributed by atoms with van der Waals surface area (Å²) >= 11 is 0. The Kier molecular flexibility index (Phi) is 9.08. The van der Waals surface area contributed by atoms with Crippen LogP contribution in [0.25, 0.3) is 27.6 Å². The molecule has 0 atom stereocenters. The summed E-state index contributed by atoms with van der Waals surface area (Å²) in [4.78, 5) is 28.1. The number of aromatic nitrogens is 1. The standard InChI is InChI=1S/C31H33NO11/c1-35-20-14-18-19(15-21(20)36-2)30(33)32(17-12-24(39-5)29(42-8)25(13-17)40-6)27(31(34)43-9)26(18)16-10-22(37-3)28(41-7)23(11-16)38-4/h10-15H,1-9H3. The molecule has 0 saturated heterocycles. The minimum atomic E-state index is -0.800. The van der Waals surface area contributed by atoms with Gasteiger partial charge in [0.25, 0.3) is 5.56 Å². The zero-order valence-electron chi connectivity index (χ0n) is 25.4. The smallest absolute Gasteiger partial charge is 0.355 e. The van der Waals surface area contributed by atoms with Gasteiger partial charge in [-0.2, -0.15) is 0 Å². The van der Waals surface area contributed by atoms with Crippen LogP contribution in [0.3, 0.4) is 0 Å². The highest BCUT2D eigenvalue weighted by atomic mass is 16.5. The lowest BCUT2D eigenvalue weighted by molar-refractivity contribution is 0.0591. The molecule has 0 N–H and O–H groups in total. The summed E-state index contributed by atoms with van der Waals surface area (Å²) in [5.74, 6) is 1.68. The molecule has 0 aliphatic heterocycles. The molecule has 0 aliphatic rings. The van der Waals surface area contributed by atoms with Crippen molar-refractivity contribution in [3.8, 4) is 62.8 Å². The Hall–Kier alpha value is -5.26. The fourth-order valence-electron chi connectivity index (χ4n) is 4.97. The number of ether oxygens (including phenoxy) is 9. The lowest BCUT2D eigenvalue weighted by atomic mass is 9.95. The van der Waals surface area contributed by atoms with Crippen molar-refractivity contribution in [3.63, 3.8) is 0 Å². The van der Waals surface area contributed by atoms with Gasteiger partial charge >= 0.3 is 5.97 Å². The number of nitrogens with zero attached hydrogens (tertiary/aromatic N) is 1. The summed E-state index contributed by atoms with van der Waals surface area (Å²) in [7, 11) is 13.0. The Balaban J connectivity index is 2.33. The van der Waals surface area contributed by atoms with E-state index in [4.69, 9.17) is 42.6 Å². The van der Waals surface area contributed by atoms with E-state index in [0.29, 0.717) is 51.0 Å². The molecule has 0 saturated carbocycles. The van der Waals surface area contributed by atoms with Crippen LogP contribution in [-0.4, -0.2) is 74.5 Å². The highest BCUT2D eigenvalue weighted by Crippen LogP contribution is 2.46. The summed E-state index contributed by atoms with van der Waals surface area (Å²) in [6.07, 6.45) is 0. The minimum absolute atomic E-state index is 0.101. The Morgan fingerprint density at radius 3 is 1.35 bits per heavy atom. The lowest BCUT2D eigenvalue weighted by Crippen LogP contribution is -2.27. The van der Waals surface area contributed by atoms with Gasteiger partial charge in [-0.3, -0.25) is 9.36 Å². The molecular formula is C31H33NO11. The van der Waals surface area contributed by atoms with Crippen molar-refractivity contribution in [2.75, 3.05) is 64.0 Å². The number of hydrogen-bond donors (Lipinski definition) is 0. The molecule has 0 spiro atoms. The van der Waals surface area contributed by atoms with Gasteiger partial charge in [-0.15, -0.1) is 0 Å². The van der Waals surface area contributed by atoms with Crippen molar-refractivity contribution in [3.05, 3.63) is 52.4 Å². The third kappa shape index (κ3) is 5.16. The van der Waals surface area contributed by atoms with Gasteiger partial charge in [0.15, 0.2) is 34.5 Å². The molecular weight excluding hydrogens is 562 g/mol. The number of esters is 1. The maximum atomic E-state index is 14.4. The van der Waals surface area contributed by atoms with Crippen molar-refractivity contribution < 1.29 is 47.4 Å². The fraction of sp³-hybridized carbons (Fsp3) is 0.290. The SMILES string of the molecule is COC(=O)c1c(-c2cc(OC)c(OC)c(OC)c2)c2cc(OC)c(OC)cc2c(=O)n1-c1cc(OC)c(OC)c(OC)c1. The molecule has 0 bridgehead atoms. The van der Waals surface area contributed by atoms with E-state index in [-0.39, 0.29) is 28.3 Å². The lowest BCUT2D eigenvalue weighted by Gasteiger charge is -2.22. The zero-order chi connectivity index (χ0) is 31.4. The van der Waals surface area contributed by atoms with Crippen LogP contribution in [0.5, 0.6) is 46.0 Å². The van der Waals surface area contributed by atoms with Crippen LogP contribution in [0.2, 0.25) is 0 Å². The fourth-order valence-corrected chi connectivity index (χ4v) is 4.97. The Bertz CT molecular complexity index is 1690. The Morgan fingerprint density at radius 1 is 0.535 bits per heavy atom. The Morgan fingerprint density at radius 2 is 0.953 bits per heavy atom. The molecule has 43 heavy (non-hydrogen) atoms. The summed E-state index contributed by atoms with van der Waals surface area (Å²) < 4.78 is 50.8. The van der Waals surface area contributed by atoms with Gasteiger partial charge < -0.3 is 42.6 Å². The molecule has 1 aromatic heterocycles. The average molecular weight is 596 g/mol. The van der Waals surface area contributed by atoms with E-state index in [2.05, 4.69) is 0 Å². The van der Waals surface area contributed by atoms with Gasteiger partial charge in [0.1, 0.15) is 5.69 Å². The van der Waals surface area contributed by atoms with Crippen LogP contribution >= 0.6 is 0 Å². The second kappa shape index (κ2) is 12.7. The van der Waals surface area contributed by atoms with Crippen molar-refractivity contribution >= 4 is 16.7 Å². The number of fused-ring (bicyclic) bond motifs is 1. The maximum Gasteiger partial charge on any atom is 0.355 e. The molecule has 228 valence electrons. The van der Waals surface area contributed by atoms with E-state index >= 15 is 0 Å². The monoisotopic (exact) mass is 595 g/mol. The topological polar surface area (TPSA) is 122 Å². The van der Waals surface area contributed by atoms with Gasteiger partial charge in [-0.25, -0.2) is 4.79 Å². The Labute approximate surface area is 248 Å². The minimum Gasteiger partial charge on any atom is -0.493 e. The predicted octanol–water partition coefficient (Wildman–Crippen LogP) is 4.51. The van der Waals surface area contributed by atoms with E-state index in [9.17, 15) is 9.59 Å². The molecule has 3 aromatic carbocycles. The van der Waals surface area contributed by atoms with Gasteiger partial charge in [-0.1, -0.05) is 0 Å². The van der Waals surface area contributed by atoms with Crippen LogP contribution in [0.15, 0.2) is 41.2 Å². The number of methoxy groups -OCH3 is 9. The van der Waals surface area contributed by atoms with Crippen LogP contribution < -0.4 is 43.5 Å². The van der Waals surface area contributed by atoms with Gasteiger partial charge in [0.2, 0.25) is 11.5 Å². The predicted molar refractivity (Wildman–Crippen MR) is 159 cm³/mol. The first-order valence-electron chi connectivity index (χ1n) is 12.8. The van der Waals surface area contributed by atoms with Crippen LogP contribution in [0, 0.1) is 0 Å². The number of hydrogen-bond acceptors (Lipinski definition) is 11. The molecule has 0 unspecified atom stereocenters. The van der Waals surface area contributed by atoms with Gasteiger partial charge in [0.05, 0.1) is 75.1 Å². The van der Waals surface area contributed by atoms with E-state index < -0.39 is 11.5 Å². The first kappa shape index (κ1) is 30.7. The van der Waals surface area contributed by atoms with Crippen LogP contribution in [-0.2, 0) is 4.74 Å². The van der Waals surface area contributed by atoms with Gasteiger partial charge in [-0.05, 0) is 29.8 Å². The summed E-state index contributed by atoms with van der Waals surface area (Å²) in [6, 6.07) is 9.63. The molecule has 0 fully saturated rings. The van der Waals surface area contributed by atoms with E-state index in [1.165, 1.54) is 68.6 Å². The van der Waals surface area contributed by atoms with E-state index in [0.717, 1.165) is 0 Å². The molecule has 0 radical (unpaired) electrons. The second-order valence-corrected chi connectivity index (χ2v) is 8.91. The second-order valence-electron chi connectivity index (χ2n) is 8.91. The van der Waals surface area contributed by atoms with Crippen molar-refractivity contribution in [1.29, 1.82) is 0 Å². The number of rotatable bonds is 11. The van der Waals surface area contributed by atoms with Crippen molar-refractivity contribution in [2.24, 2.45) is 0 Å². The van der Waals surface area contributed by atoms with Crippen LogP contribution in [0.1, 0.15) is 10.5 Å². The first-order chi connectivity index (χ1) is 20.8. The zero-order valence-corrected chi connectivity index (χ0v) is 25.4. The highest BCUT2D eigenvalue weighted by Gasteiger charge is 2.29. The number of pyridine rings is 1. The third-order valence-corrected chi connectivity index (χ3v) is 6.93. The molecule has 1 heterocycles. The summed E-state index contributed by atoms with van der Waals surface area (Å²) in [5.41, 5.74) is 0.353. The molecule has 0 amide bonds. The first-order valence-corrected chi connectivity index (χ1v) is 12.8. The third-order valence-electron chi connectivity index (χ3n) is 6.93. The van der Waals surface area contributed by atoms with Crippen molar-refractivity contribution in [1.82, 2.24) is 4.57 Å². The van der Waals surface area contributed by atoms with Crippen molar-refractivity contribution in [2.45, 2.75) is 0 Å². The van der Waals surface area contributed by atoms with E-state index in [1.54, 1.807) is 36.4 Å². The molecule has 12 heteroatoms. The van der Waals surface area contributed by atoms with Crippen LogP contribution in [0.4, 0.5) is 0 Å². The number of carbonyl (C=O) groups excluding carboxylic acids is 1. The van der Waals surface area contributed by atoms with E-state index in [1.807, 2.05) is 0 Å². The number of benzene rings is 3. The molecule has 4 aromatic rings. The molecule has 12 nitrogen and oxygen atoms in total. The molecule has 0 aliphatic carbocycles. The quantitative estimate of drug-likeness (QED) is 0.228. The average Bonchev–Trinajstić information content (AvgIpc) is 3.05. The van der Waals surface area contributed by atoms with Gasteiger partial charge in [0, 0.05) is 23.1 Å². The summed E-state index contributed by atoms with van der Waals surface area (Å²) in [5, 5.41) is 0.587. The highest BCUT2D eigenvalue weighted by molar-refractivity contribution is 6.08. The largest absolute Gasteiger partial charge is 0.493 e.